The van der Waals surface area contributed by atoms with Gasteiger partial charge in [0.05, 0.1) is 0 Å². The lowest BCUT2D eigenvalue weighted by atomic mass is 10.2. The van der Waals surface area contributed by atoms with Gasteiger partial charge in [-0.2, -0.15) is 5.26 Å². The molecule has 2 rings (SSSR count). The summed E-state index contributed by atoms with van der Waals surface area (Å²) >= 11 is 0. The molecule has 1 aliphatic rings. The third-order valence-corrected chi connectivity index (χ3v) is 2.59. The fraction of sp³-hybridized carbons (Fsp3) is 0.455. The van der Waals surface area contributed by atoms with Gasteiger partial charge in [-0.05, 0) is 31.4 Å². The molecular formula is C11H13N3O. The van der Waals surface area contributed by atoms with E-state index in [0.29, 0.717) is 11.4 Å². The summed E-state index contributed by atoms with van der Waals surface area (Å²) in [6.07, 6.45) is 4.52. The number of hydrogen-bond donors (Lipinski definition) is 1. The molecule has 15 heavy (non-hydrogen) atoms. The van der Waals surface area contributed by atoms with E-state index in [1.165, 1.54) is 0 Å². The van der Waals surface area contributed by atoms with Gasteiger partial charge in [0.25, 0.3) is 0 Å². The summed E-state index contributed by atoms with van der Waals surface area (Å²) in [5.41, 5.74) is 6.27. The Hall–Kier alpha value is -1.60. The van der Waals surface area contributed by atoms with Gasteiger partial charge < -0.3 is 10.5 Å². The highest BCUT2D eigenvalue weighted by molar-refractivity contribution is 5.37. The Morgan fingerprint density at radius 1 is 1.53 bits per heavy atom. The van der Waals surface area contributed by atoms with E-state index in [9.17, 15) is 0 Å². The third kappa shape index (κ3) is 2.25. The zero-order valence-corrected chi connectivity index (χ0v) is 8.39. The molecule has 0 aromatic carbocycles. The Labute approximate surface area is 88.7 Å². The maximum atomic E-state index is 8.85. The van der Waals surface area contributed by atoms with Crippen LogP contribution in [-0.2, 0) is 0 Å². The van der Waals surface area contributed by atoms with Crippen molar-refractivity contribution in [2.24, 2.45) is 5.73 Å². The minimum atomic E-state index is 0.113. The SMILES string of the molecule is N#Cc1cccnc1OC1CCC(N)C1. The second-order valence-corrected chi connectivity index (χ2v) is 3.78. The zero-order valence-electron chi connectivity index (χ0n) is 8.39. The Bertz CT molecular complexity index is 386. The number of pyridine rings is 1. The predicted octanol–water partition coefficient (Wildman–Crippen LogP) is 1.21. The maximum Gasteiger partial charge on any atom is 0.231 e. The molecule has 2 atom stereocenters. The first-order chi connectivity index (χ1) is 7.29. The molecule has 1 aromatic heterocycles. The lowest BCUT2D eigenvalue weighted by Crippen LogP contribution is -2.19. The summed E-state index contributed by atoms with van der Waals surface area (Å²) in [4.78, 5) is 4.05. The molecule has 2 N–H and O–H groups in total. The summed E-state index contributed by atoms with van der Waals surface area (Å²) in [6.45, 7) is 0. The fourth-order valence-electron chi connectivity index (χ4n) is 1.81. The molecule has 0 radical (unpaired) electrons. The monoisotopic (exact) mass is 203 g/mol. The van der Waals surface area contributed by atoms with Crippen molar-refractivity contribution in [1.29, 1.82) is 5.26 Å². The van der Waals surface area contributed by atoms with Crippen molar-refractivity contribution in [3.63, 3.8) is 0 Å². The van der Waals surface area contributed by atoms with E-state index in [2.05, 4.69) is 11.1 Å². The molecule has 4 heteroatoms. The average molecular weight is 203 g/mol. The summed E-state index contributed by atoms with van der Waals surface area (Å²) in [5.74, 6) is 0.430. The second-order valence-electron chi connectivity index (χ2n) is 3.78. The van der Waals surface area contributed by atoms with Crippen molar-refractivity contribution in [3.8, 4) is 11.9 Å². The number of nitriles is 1. The van der Waals surface area contributed by atoms with Crippen LogP contribution in [-0.4, -0.2) is 17.1 Å². The quantitative estimate of drug-likeness (QED) is 0.784. The van der Waals surface area contributed by atoms with Crippen LogP contribution in [0.2, 0.25) is 0 Å². The highest BCUT2D eigenvalue weighted by atomic mass is 16.5. The van der Waals surface area contributed by atoms with Gasteiger partial charge in [0.1, 0.15) is 17.7 Å². The molecule has 78 valence electrons. The van der Waals surface area contributed by atoms with Crippen LogP contribution in [0.3, 0.4) is 0 Å². The van der Waals surface area contributed by atoms with Gasteiger partial charge in [-0.3, -0.25) is 0 Å². The van der Waals surface area contributed by atoms with E-state index in [1.54, 1.807) is 18.3 Å². The molecule has 0 saturated heterocycles. The first-order valence-corrected chi connectivity index (χ1v) is 5.07. The molecule has 1 saturated carbocycles. The van der Waals surface area contributed by atoms with Crippen LogP contribution in [0, 0.1) is 11.3 Å². The zero-order chi connectivity index (χ0) is 10.7. The van der Waals surface area contributed by atoms with E-state index >= 15 is 0 Å². The standard InChI is InChI=1S/C11H13N3O/c12-7-8-2-1-5-14-11(8)15-10-4-3-9(13)6-10/h1-2,5,9-10H,3-4,6,13H2. The normalized spacial score (nSPS) is 24.8. The van der Waals surface area contributed by atoms with Crippen molar-refractivity contribution in [1.82, 2.24) is 4.98 Å². The van der Waals surface area contributed by atoms with Gasteiger partial charge in [-0.25, -0.2) is 4.98 Å². The number of rotatable bonds is 2. The highest BCUT2D eigenvalue weighted by Gasteiger charge is 2.24. The molecule has 0 bridgehead atoms. The molecule has 4 nitrogen and oxygen atoms in total. The van der Waals surface area contributed by atoms with Crippen LogP contribution in [0.1, 0.15) is 24.8 Å². The molecule has 0 spiro atoms. The third-order valence-electron chi connectivity index (χ3n) is 2.59. The van der Waals surface area contributed by atoms with Crippen LogP contribution in [0.15, 0.2) is 18.3 Å². The smallest absolute Gasteiger partial charge is 0.231 e. The van der Waals surface area contributed by atoms with Gasteiger partial charge in [0.2, 0.25) is 5.88 Å². The lowest BCUT2D eigenvalue weighted by molar-refractivity contribution is 0.199. The number of aromatic nitrogens is 1. The summed E-state index contributed by atoms with van der Waals surface area (Å²) in [6, 6.07) is 5.72. The maximum absolute atomic E-state index is 8.85. The molecule has 1 aliphatic carbocycles. The number of ether oxygens (including phenoxy) is 1. The average Bonchev–Trinajstić information content (AvgIpc) is 2.65. The van der Waals surface area contributed by atoms with E-state index in [4.69, 9.17) is 15.7 Å². The second kappa shape index (κ2) is 4.28. The highest BCUT2D eigenvalue weighted by Crippen LogP contribution is 2.23. The molecule has 0 amide bonds. The van der Waals surface area contributed by atoms with Crippen molar-refractivity contribution < 1.29 is 4.74 Å². The van der Waals surface area contributed by atoms with Crippen LogP contribution in [0.5, 0.6) is 5.88 Å². The summed E-state index contributed by atoms with van der Waals surface area (Å²) in [7, 11) is 0. The van der Waals surface area contributed by atoms with Crippen LogP contribution < -0.4 is 10.5 Å². The van der Waals surface area contributed by atoms with Crippen molar-refractivity contribution in [2.45, 2.75) is 31.4 Å². The Morgan fingerprint density at radius 3 is 3.07 bits per heavy atom. The molecule has 1 fully saturated rings. The summed E-state index contributed by atoms with van der Waals surface area (Å²) < 4.78 is 5.65. The van der Waals surface area contributed by atoms with Gasteiger partial charge in [0, 0.05) is 12.2 Å². The largest absolute Gasteiger partial charge is 0.473 e. The van der Waals surface area contributed by atoms with E-state index in [1.807, 2.05) is 0 Å². The first kappa shape index (κ1) is 9.94. The minimum absolute atomic E-state index is 0.113. The predicted molar refractivity (Wildman–Crippen MR) is 55.2 cm³/mol. The fourth-order valence-corrected chi connectivity index (χ4v) is 1.81. The molecular weight excluding hydrogens is 190 g/mol. The number of nitrogens with zero attached hydrogens (tertiary/aromatic N) is 2. The van der Waals surface area contributed by atoms with Crippen molar-refractivity contribution in [3.05, 3.63) is 23.9 Å². The topological polar surface area (TPSA) is 71.9 Å². The molecule has 2 unspecified atom stereocenters. The van der Waals surface area contributed by atoms with Gasteiger partial charge in [0.15, 0.2) is 0 Å². The lowest BCUT2D eigenvalue weighted by Gasteiger charge is -2.12. The van der Waals surface area contributed by atoms with Gasteiger partial charge in [-0.15, -0.1) is 0 Å². The Balaban J connectivity index is 2.08. The van der Waals surface area contributed by atoms with Gasteiger partial charge in [-0.1, -0.05) is 0 Å². The molecule has 0 aliphatic heterocycles. The Morgan fingerprint density at radius 2 is 2.40 bits per heavy atom. The molecule has 1 heterocycles. The van der Waals surface area contributed by atoms with Crippen LogP contribution >= 0.6 is 0 Å². The number of hydrogen-bond acceptors (Lipinski definition) is 4. The van der Waals surface area contributed by atoms with Crippen molar-refractivity contribution >= 4 is 0 Å². The Kier molecular flexibility index (Phi) is 2.84. The van der Waals surface area contributed by atoms with E-state index in [-0.39, 0.29) is 12.1 Å². The van der Waals surface area contributed by atoms with E-state index < -0.39 is 0 Å². The van der Waals surface area contributed by atoms with Gasteiger partial charge >= 0.3 is 0 Å². The first-order valence-electron chi connectivity index (χ1n) is 5.07. The minimum Gasteiger partial charge on any atom is -0.473 e. The van der Waals surface area contributed by atoms with Crippen molar-refractivity contribution in [2.75, 3.05) is 0 Å². The van der Waals surface area contributed by atoms with Crippen LogP contribution in [0.4, 0.5) is 0 Å². The van der Waals surface area contributed by atoms with E-state index in [0.717, 1.165) is 19.3 Å². The van der Waals surface area contributed by atoms with Crippen LogP contribution in [0.25, 0.3) is 0 Å². The molecule has 1 aromatic rings. The summed E-state index contributed by atoms with van der Waals surface area (Å²) in [5, 5.41) is 8.85. The number of nitrogens with two attached hydrogens (primary N) is 1.